The summed E-state index contributed by atoms with van der Waals surface area (Å²) in [5.74, 6) is 0.601. The van der Waals surface area contributed by atoms with Gasteiger partial charge < -0.3 is 19.8 Å². The Balaban J connectivity index is 1.47. The van der Waals surface area contributed by atoms with E-state index in [0.717, 1.165) is 11.3 Å². The summed E-state index contributed by atoms with van der Waals surface area (Å²) in [6.07, 6.45) is 0. The number of amides is 2. The van der Waals surface area contributed by atoms with Crippen molar-refractivity contribution in [3.63, 3.8) is 0 Å². The zero-order valence-electron chi connectivity index (χ0n) is 14.9. The number of hydrogen-bond donors (Lipinski definition) is 2. The summed E-state index contributed by atoms with van der Waals surface area (Å²) in [5.41, 5.74) is 1.67. The summed E-state index contributed by atoms with van der Waals surface area (Å²) < 4.78 is 11.0. The lowest BCUT2D eigenvalue weighted by Gasteiger charge is -2.08. The number of nitrogens with one attached hydrogen (secondary N) is 2. The average Bonchev–Trinajstić information content (AvgIpc) is 3.16. The molecule has 138 valence electrons. The van der Waals surface area contributed by atoms with Gasteiger partial charge in [0.2, 0.25) is 5.91 Å². The molecule has 0 unspecified atom stereocenters. The highest BCUT2D eigenvalue weighted by molar-refractivity contribution is 5.98. The first-order valence-electron chi connectivity index (χ1n) is 8.52. The first-order chi connectivity index (χ1) is 13.1. The van der Waals surface area contributed by atoms with E-state index in [1.165, 1.54) is 0 Å². The topological polar surface area (TPSA) is 80.6 Å². The highest BCUT2D eigenvalue weighted by Gasteiger charge is 2.13. The van der Waals surface area contributed by atoms with Crippen LogP contribution >= 0.6 is 0 Å². The molecule has 6 heteroatoms. The molecule has 3 rings (SSSR count). The molecule has 3 aromatic rings. The van der Waals surface area contributed by atoms with Crippen molar-refractivity contribution in [3.8, 4) is 5.75 Å². The third kappa shape index (κ3) is 5.22. The Bertz CT molecular complexity index is 919. The minimum atomic E-state index is -0.458. The Labute approximate surface area is 157 Å². The van der Waals surface area contributed by atoms with Gasteiger partial charge in [0.05, 0.1) is 6.54 Å². The summed E-state index contributed by atoms with van der Waals surface area (Å²) in [7, 11) is 0. The van der Waals surface area contributed by atoms with Crippen LogP contribution in [-0.4, -0.2) is 18.4 Å². The fourth-order valence-electron chi connectivity index (χ4n) is 2.40. The van der Waals surface area contributed by atoms with E-state index < -0.39 is 5.91 Å². The third-order valence-corrected chi connectivity index (χ3v) is 3.84. The molecule has 6 nitrogen and oxygen atoms in total. The van der Waals surface area contributed by atoms with E-state index in [4.69, 9.17) is 9.15 Å². The summed E-state index contributed by atoms with van der Waals surface area (Å²) >= 11 is 0. The van der Waals surface area contributed by atoms with Gasteiger partial charge in [-0.05, 0) is 42.8 Å². The Morgan fingerprint density at radius 3 is 2.48 bits per heavy atom. The SMILES string of the molecule is Cc1ccccc1NC(=O)CNC(=O)c1ccc(COc2ccccc2)o1. The van der Waals surface area contributed by atoms with Crippen molar-refractivity contribution < 1.29 is 18.7 Å². The Kier molecular flexibility index (Phi) is 5.89. The zero-order valence-corrected chi connectivity index (χ0v) is 14.9. The lowest BCUT2D eigenvalue weighted by molar-refractivity contribution is -0.115. The second kappa shape index (κ2) is 8.71. The van der Waals surface area contributed by atoms with Crippen LogP contribution in [-0.2, 0) is 11.4 Å². The van der Waals surface area contributed by atoms with Gasteiger partial charge in [-0.25, -0.2) is 0 Å². The molecule has 2 amide bonds. The van der Waals surface area contributed by atoms with Crippen molar-refractivity contribution in [2.24, 2.45) is 0 Å². The van der Waals surface area contributed by atoms with E-state index in [-0.39, 0.29) is 24.8 Å². The van der Waals surface area contributed by atoms with E-state index >= 15 is 0 Å². The van der Waals surface area contributed by atoms with Gasteiger partial charge in [0.1, 0.15) is 18.1 Å². The predicted octanol–water partition coefficient (Wildman–Crippen LogP) is 3.54. The van der Waals surface area contributed by atoms with Gasteiger partial charge in [-0.15, -0.1) is 0 Å². The van der Waals surface area contributed by atoms with Crippen LogP contribution in [0.25, 0.3) is 0 Å². The van der Waals surface area contributed by atoms with E-state index in [0.29, 0.717) is 11.5 Å². The maximum absolute atomic E-state index is 12.1. The minimum absolute atomic E-state index is 0.130. The molecular weight excluding hydrogens is 344 g/mol. The number of furan rings is 1. The van der Waals surface area contributed by atoms with Crippen molar-refractivity contribution in [2.75, 3.05) is 11.9 Å². The number of aryl methyl sites for hydroxylation is 1. The average molecular weight is 364 g/mol. The summed E-state index contributed by atoms with van der Waals surface area (Å²) in [6.45, 7) is 1.96. The fraction of sp³-hybridized carbons (Fsp3) is 0.143. The van der Waals surface area contributed by atoms with Crippen LogP contribution in [0.1, 0.15) is 21.9 Å². The van der Waals surface area contributed by atoms with E-state index in [9.17, 15) is 9.59 Å². The number of carbonyl (C=O) groups excluding carboxylic acids is 2. The molecule has 0 spiro atoms. The summed E-state index contributed by atoms with van der Waals surface area (Å²) in [6, 6.07) is 20.0. The molecule has 0 radical (unpaired) electrons. The van der Waals surface area contributed by atoms with Crippen LogP contribution in [0, 0.1) is 6.92 Å². The van der Waals surface area contributed by atoms with Crippen LogP contribution in [0.15, 0.2) is 71.1 Å². The molecule has 0 aliphatic carbocycles. The smallest absolute Gasteiger partial charge is 0.287 e. The number of ether oxygens (including phenoxy) is 1. The molecule has 0 aliphatic heterocycles. The van der Waals surface area contributed by atoms with Gasteiger partial charge in [-0.3, -0.25) is 9.59 Å². The second-order valence-electron chi connectivity index (χ2n) is 5.91. The number of benzene rings is 2. The molecule has 1 aromatic heterocycles. The molecule has 0 saturated heterocycles. The third-order valence-electron chi connectivity index (χ3n) is 3.84. The van der Waals surface area contributed by atoms with Gasteiger partial charge in [0.25, 0.3) is 5.91 Å². The van der Waals surface area contributed by atoms with Crippen molar-refractivity contribution in [1.29, 1.82) is 0 Å². The highest BCUT2D eigenvalue weighted by atomic mass is 16.5. The largest absolute Gasteiger partial charge is 0.486 e. The Hall–Kier alpha value is -3.54. The Morgan fingerprint density at radius 2 is 1.70 bits per heavy atom. The van der Waals surface area contributed by atoms with Crippen molar-refractivity contribution in [1.82, 2.24) is 5.32 Å². The van der Waals surface area contributed by atoms with Gasteiger partial charge in [-0.1, -0.05) is 36.4 Å². The van der Waals surface area contributed by atoms with Gasteiger partial charge in [0, 0.05) is 5.69 Å². The molecule has 0 saturated carbocycles. The van der Waals surface area contributed by atoms with Gasteiger partial charge in [-0.2, -0.15) is 0 Å². The van der Waals surface area contributed by atoms with Gasteiger partial charge in [0.15, 0.2) is 5.76 Å². The normalized spacial score (nSPS) is 10.3. The minimum Gasteiger partial charge on any atom is -0.486 e. The summed E-state index contributed by atoms with van der Waals surface area (Å²) in [4.78, 5) is 24.1. The molecule has 0 bridgehead atoms. The second-order valence-corrected chi connectivity index (χ2v) is 5.91. The van der Waals surface area contributed by atoms with Gasteiger partial charge >= 0.3 is 0 Å². The first-order valence-corrected chi connectivity index (χ1v) is 8.52. The zero-order chi connectivity index (χ0) is 19.1. The van der Waals surface area contributed by atoms with Crippen LogP contribution in [0.2, 0.25) is 0 Å². The van der Waals surface area contributed by atoms with Crippen LogP contribution in [0.4, 0.5) is 5.69 Å². The lowest BCUT2D eigenvalue weighted by Crippen LogP contribution is -2.32. The molecule has 0 fully saturated rings. The van der Waals surface area contributed by atoms with Crippen LogP contribution < -0.4 is 15.4 Å². The molecule has 2 aromatic carbocycles. The quantitative estimate of drug-likeness (QED) is 0.672. The summed E-state index contributed by atoms with van der Waals surface area (Å²) in [5, 5.41) is 5.30. The standard InChI is InChI=1S/C21H20N2O4/c1-15-7-5-6-10-18(15)23-20(24)13-22-21(25)19-12-11-17(27-19)14-26-16-8-3-2-4-9-16/h2-12H,13-14H2,1H3,(H,22,25)(H,23,24). The van der Waals surface area contributed by atoms with Crippen molar-refractivity contribution in [2.45, 2.75) is 13.5 Å². The van der Waals surface area contributed by atoms with Crippen LogP contribution in [0.5, 0.6) is 5.75 Å². The molecule has 27 heavy (non-hydrogen) atoms. The number of hydrogen-bond acceptors (Lipinski definition) is 4. The van der Waals surface area contributed by atoms with E-state index in [1.807, 2.05) is 55.5 Å². The predicted molar refractivity (Wildman–Crippen MR) is 102 cm³/mol. The number of carbonyl (C=O) groups is 2. The maximum atomic E-state index is 12.1. The maximum Gasteiger partial charge on any atom is 0.287 e. The highest BCUT2D eigenvalue weighted by Crippen LogP contribution is 2.14. The number of anilines is 1. The van der Waals surface area contributed by atoms with E-state index in [1.54, 1.807) is 18.2 Å². The molecular formula is C21H20N2O4. The Morgan fingerprint density at radius 1 is 0.963 bits per heavy atom. The number of rotatable bonds is 7. The first kappa shape index (κ1) is 18.3. The van der Waals surface area contributed by atoms with Crippen molar-refractivity contribution >= 4 is 17.5 Å². The number of para-hydroxylation sites is 2. The molecule has 2 N–H and O–H groups in total. The molecule has 0 aliphatic rings. The molecule has 1 heterocycles. The van der Waals surface area contributed by atoms with E-state index in [2.05, 4.69) is 10.6 Å². The fourth-order valence-corrected chi connectivity index (χ4v) is 2.40. The lowest BCUT2D eigenvalue weighted by atomic mass is 10.2. The van der Waals surface area contributed by atoms with Crippen molar-refractivity contribution in [3.05, 3.63) is 83.8 Å². The van der Waals surface area contributed by atoms with Crippen LogP contribution in [0.3, 0.4) is 0 Å². The monoisotopic (exact) mass is 364 g/mol. The molecule has 0 atom stereocenters.